The maximum Gasteiger partial charge on any atom is 0.143 e. The van der Waals surface area contributed by atoms with Crippen molar-refractivity contribution in [3.8, 4) is 0 Å². The molecule has 0 spiro atoms. The van der Waals surface area contributed by atoms with Crippen LogP contribution in [0.5, 0.6) is 0 Å². The summed E-state index contributed by atoms with van der Waals surface area (Å²) in [7, 11) is 1.96. The zero-order valence-electron chi connectivity index (χ0n) is 10.3. The number of benzene rings is 1. The van der Waals surface area contributed by atoms with Crippen LogP contribution in [0.1, 0.15) is 18.4 Å². The number of likely N-dealkylation sites (tertiary alicyclic amines) is 1. The van der Waals surface area contributed by atoms with Crippen molar-refractivity contribution in [3.63, 3.8) is 0 Å². The average molecular weight is 291 g/mol. The summed E-state index contributed by atoms with van der Waals surface area (Å²) >= 11 is 11.9. The second-order valence-corrected chi connectivity index (χ2v) is 5.41. The first-order chi connectivity index (χ1) is 8.63. The van der Waals surface area contributed by atoms with Gasteiger partial charge in [0.15, 0.2) is 0 Å². The first-order valence-corrected chi connectivity index (χ1v) is 6.90. The van der Waals surface area contributed by atoms with Gasteiger partial charge in [-0.05, 0) is 38.1 Å². The van der Waals surface area contributed by atoms with Gasteiger partial charge in [-0.15, -0.1) is 0 Å². The van der Waals surface area contributed by atoms with E-state index in [-0.39, 0.29) is 5.02 Å². The van der Waals surface area contributed by atoms with Crippen LogP contribution in [-0.2, 0) is 6.54 Å². The third-order valence-electron chi connectivity index (χ3n) is 3.43. The minimum Gasteiger partial charge on any atom is -0.318 e. The number of likely N-dealkylation sites (N-methyl/N-ethyl adjacent to an activating group) is 1. The first-order valence-electron chi connectivity index (χ1n) is 6.14. The molecule has 1 N–H and O–H groups in total. The van der Waals surface area contributed by atoms with Gasteiger partial charge in [-0.2, -0.15) is 0 Å². The molecule has 2 nitrogen and oxygen atoms in total. The number of hydrogen-bond acceptors (Lipinski definition) is 2. The molecule has 100 valence electrons. The quantitative estimate of drug-likeness (QED) is 0.856. The van der Waals surface area contributed by atoms with Gasteiger partial charge in [0.25, 0.3) is 0 Å². The van der Waals surface area contributed by atoms with Gasteiger partial charge in [0.1, 0.15) is 5.82 Å². The van der Waals surface area contributed by atoms with E-state index in [4.69, 9.17) is 23.2 Å². The van der Waals surface area contributed by atoms with E-state index in [0.29, 0.717) is 11.1 Å². The third-order valence-corrected chi connectivity index (χ3v) is 4.33. The summed E-state index contributed by atoms with van der Waals surface area (Å²) in [4.78, 5) is 2.37. The molecule has 18 heavy (non-hydrogen) atoms. The summed E-state index contributed by atoms with van der Waals surface area (Å²) in [5.74, 6) is -0.460. The van der Waals surface area contributed by atoms with Gasteiger partial charge in [-0.1, -0.05) is 29.3 Å². The fourth-order valence-corrected chi connectivity index (χ4v) is 2.87. The van der Waals surface area contributed by atoms with E-state index >= 15 is 0 Å². The molecule has 1 aliphatic heterocycles. The van der Waals surface area contributed by atoms with Crippen LogP contribution in [0.2, 0.25) is 10.0 Å². The van der Waals surface area contributed by atoms with E-state index in [0.717, 1.165) is 25.2 Å². The van der Waals surface area contributed by atoms with Gasteiger partial charge < -0.3 is 5.32 Å². The maximum absolute atomic E-state index is 13.2. The van der Waals surface area contributed by atoms with E-state index in [2.05, 4.69) is 10.2 Å². The normalized spacial score (nSPS) is 20.6. The first kappa shape index (κ1) is 14.1. The van der Waals surface area contributed by atoms with Crippen molar-refractivity contribution >= 4 is 23.2 Å². The summed E-state index contributed by atoms with van der Waals surface area (Å²) < 4.78 is 13.2. The molecule has 1 saturated heterocycles. The molecule has 0 aliphatic carbocycles. The molecule has 1 heterocycles. The Morgan fingerprint density at radius 2 is 2.17 bits per heavy atom. The largest absolute Gasteiger partial charge is 0.318 e. The van der Waals surface area contributed by atoms with Crippen LogP contribution in [0.15, 0.2) is 12.1 Å². The van der Waals surface area contributed by atoms with Crippen molar-refractivity contribution in [1.82, 2.24) is 10.2 Å². The molecule has 5 heteroatoms. The molecule has 1 aliphatic rings. The fourth-order valence-electron chi connectivity index (χ4n) is 2.48. The number of hydrogen-bond donors (Lipinski definition) is 1. The minimum atomic E-state index is -0.460. The molecule has 1 fully saturated rings. The Morgan fingerprint density at radius 1 is 1.39 bits per heavy atom. The number of halogens is 3. The van der Waals surface area contributed by atoms with Gasteiger partial charge in [-0.3, -0.25) is 4.90 Å². The number of nitrogens with zero attached hydrogens (tertiary/aromatic N) is 1. The maximum atomic E-state index is 13.2. The third kappa shape index (κ3) is 2.97. The molecular weight excluding hydrogens is 274 g/mol. The van der Waals surface area contributed by atoms with E-state index < -0.39 is 5.82 Å². The van der Waals surface area contributed by atoms with Crippen molar-refractivity contribution in [3.05, 3.63) is 33.6 Å². The summed E-state index contributed by atoms with van der Waals surface area (Å²) in [6.45, 7) is 2.75. The van der Waals surface area contributed by atoms with Crippen LogP contribution < -0.4 is 5.32 Å². The van der Waals surface area contributed by atoms with E-state index in [1.807, 2.05) is 7.05 Å². The predicted molar refractivity (Wildman–Crippen MR) is 73.8 cm³/mol. The van der Waals surface area contributed by atoms with E-state index in [1.54, 1.807) is 6.07 Å². The summed E-state index contributed by atoms with van der Waals surface area (Å²) in [6.07, 6.45) is 2.38. The lowest BCUT2D eigenvalue weighted by Crippen LogP contribution is -2.36. The Hall–Kier alpha value is -0.350. The van der Waals surface area contributed by atoms with Gasteiger partial charge in [0.05, 0.1) is 10.0 Å². The van der Waals surface area contributed by atoms with Gasteiger partial charge in [0, 0.05) is 19.1 Å². The second kappa shape index (κ2) is 6.20. The van der Waals surface area contributed by atoms with Gasteiger partial charge in [-0.25, -0.2) is 4.39 Å². The fraction of sp³-hybridized carbons (Fsp3) is 0.538. The Kier molecular flexibility index (Phi) is 4.84. The topological polar surface area (TPSA) is 15.3 Å². The Labute approximate surface area is 117 Å². The lowest BCUT2D eigenvalue weighted by molar-refractivity contribution is 0.242. The molecule has 0 aromatic heterocycles. The molecule has 1 aromatic carbocycles. The number of nitrogens with one attached hydrogen (secondary N) is 1. The Bertz CT molecular complexity index is 426. The van der Waals surface area contributed by atoms with Gasteiger partial charge >= 0.3 is 0 Å². The van der Waals surface area contributed by atoms with Crippen LogP contribution in [0.3, 0.4) is 0 Å². The minimum absolute atomic E-state index is 0.0264. The van der Waals surface area contributed by atoms with Crippen molar-refractivity contribution in [2.45, 2.75) is 25.4 Å². The van der Waals surface area contributed by atoms with Gasteiger partial charge in [0.2, 0.25) is 0 Å². The second-order valence-electron chi connectivity index (χ2n) is 4.66. The SMILES string of the molecule is CNCC1CCCN1Cc1ccc(F)c(Cl)c1Cl. The molecule has 1 aromatic rings. The van der Waals surface area contributed by atoms with Crippen LogP contribution in [0, 0.1) is 5.82 Å². The van der Waals surface area contributed by atoms with E-state index in [1.165, 1.54) is 18.9 Å². The molecule has 0 bridgehead atoms. The highest BCUT2D eigenvalue weighted by atomic mass is 35.5. The van der Waals surface area contributed by atoms with Crippen LogP contribution in [-0.4, -0.2) is 31.1 Å². The zero-order chi connectivity index (χ0) is 13.1. The van der Waals surface area contributed by atoms with Crippen molar-refractivity contribution in [1.29, 1.82) is 0 Å². The highest BCUT2D eigenvalue weighted by molar-refractivity contribution is 6.42. The van der Waals surface area contributed by atoms with Crippen LogP contribution in [0.25, 0.3) is 0 Å². The Balaban J connectivity index is 2.11. The summed E-state index contributed by atoms with van der Waals surface area (Å²) in [6, 6.07) is 3.63. The molecule has 0 radical (unpaired) electrons. The Morgan fingerprint density at radius 3 is 2.89 bits per heavy atom. The monoisotopic (exact) mass is 290 g/mol. The smallest absolute Gasteiger partial charge is 0.143 e. The molecule has 2 rings (SSSR count). The highest BCUT2D eigenvalue weighted by Crippen LogP contribution is 2.30. The molecular formula is C13H17Cl2FN2. The lowest BCUT2D eigenvalue weighted by Gasteiger charge is -2.24. The average Bonchev–Trinajstić information content (AvgIpc) is 2.78. The molecule has 0 saturated carbocycles. The van der Waals surface area contributed by atoms with Crippen molar-refractivity contribution in [2.75, 3.05) is 20.1 Å². The molecule has 1 unspecified atom stereocenters. The van der Waals surface area contributed by atoms with Crippen molar-refractivity contribution < 1.29 is 4.39 Å². The molecule has 1 atom stereocenters. The highest BCUT2D eigenvalue weighted by Gasteiger charge is 2.24. The predicted octanol–water partition coefficient (Wildman–Crippen LogP) is 3.32. The van der Waals surface area contributed by atoms with E-state index in [9.17, 15) is 4.39 Å². The summed E-state index contributed by atoms with van der Waals surface area (Å²) in [5, 5.41) is 3.57. The van der Waals surface area contributed by atoms with Crippen molar-refractivity contribution in [2.24, 2.45) is 0 Å². The van der Waals surface area contributed by atoms with Crippen LogP contribution in [0.4, 0.5) is 4.39 Å². The lowest BCUT2D eigenvalue weighted by atomic mass is 10.1. The number of rotatable bonds is 4. The van der Waals surface area contributed by atoms with Crippen LogP contribution >= 0.6 is 23.2 Å². The summed E-state index contributed by atoms with van der Waals surface area (Å²) in [5.41, 5.74) is 0.895. The zero-order valence-corrected chi connectivity index (χ0v) is 11.9. The molecule has 0 amide bonds. The standard InChI is InChI=1S/C13H17Cl2FN2/c1-17-7-10-3-2-6-18(10)8-9-4-5-11(16)13(15)12(9)14/h4-5,10,17H,2-3,6-8H2,1H3.